The molecular formula is C17H13Cl2F2N7OS. The molecule has 13 heteroatoms. The molecule has 0 aliphatic heterocycles. The highest BCUT2D eigenvalue weighted by Gasteiger charge is 2.15. The van der Waals surface area contributed by atoms with Crippen LogP contribution in [-0.2, 0) is 4.79 Å². The van der Waals surface area contributed by atoms with E-state index in [0.717, 1.165) is 28.6 Å². The van der Waals surface area contributed by atoms with Gasteiger partial charge in [-0.05, 0) is 24.3 Å². The number of thioether (sulfide) groups is 1. The van der Waals surface area contributed by atoms with Crippen molar-refractivity contribution in [3.63, 3.8) is 0 Å². The van der Waals surface area contributed by atoms with E-state index >= 15 is 0 Å². The largest absolute Gasteiger partial charge is 0.334 e. The number of nitrogens with two attached hydrogens (primary N) is 1. The van der Waals surface area contributed by atoms with Gasteiger partial charge in [0.2, 0.25) is 11.1 Å². The highest BCUT2D eigenvalue weighted by molar-refractivity contribution is 7.99. The van der Waals surface area contributed by atoms with Crippen molar-refractivity contribution >= 4 is 58.7 Å². The Balaban J connectivity index is 1.57. The molecule has 0 aliphatic carbocycles. The Kier molecular flexibility index (Phi) is 7.08. The Hall–Kier alpha value is -2.89. The van der Waals surface area contributed by atoms with Crippen LogP contribution in [0.25, 0.3) is 0 Å². The molecule has 0 atom stereocenters. The molecule has 0 spiro atoms. The van der Waals surface area contributed by atoms with Gasteiger partial charge in [-0.2, -0.15) is 5.10 Å². The molecule has 0 radical (unpaired) electrons. The average molecular weight is 472 g/mol. The molecule has 0 saturated carbocycles. The Morgan fingerprint density at radius 3 is 2.67 bits per heavy atom. The van der Waals surface area contributed by atoms with E-state index in [-0.39, 0.29) is 16.9 Å². The normalized spacial score (nSPS) is 11.1. The highest BCUT2D eigenvalue weighted by Crippen LogP contribution is 2.21. The van der Waals surface area contributed by atoms with Crippen molar-refractivity contribution in [2.24, 2.45) is 5.10 Å². The van der Waals surface area contributed by atoms with Gasteiger partial charge in [-0.15, -0.1) is 10.2 Å². The van der Waals surface area contributed by atoms with Gasteiger partial charge >= 0.3 is 0 Å². The minimum Gasteiger partial charge on any atom is -0.334 e. The minimum atomic E-state index is -0.875. The number of hydrazone groups is 1. The highest BCUT2D eigenvalue weighted by atomic mass is 35.5. The molecule has 30 heavy (non-hydrogen) atoms. The molecule has 1 aromatic heterocycles. The molecule has 1 amide bonds. The van der Waals surface area contributed by atoms with E-state index in [1.165, 1.54) is 12.3 Å². The van der Waals surface area contributed by atoms with E-state index in [1.54, 1.807) is 18.2 Å². The fourth-order valence-electron chi connectivity index (χ4n) is 2.14. The molecule has 0 unspecified atom stereocenters. The second-order valence-corrected chi connectivity index (χ2v) is 7.43. The molecule has 4 N–H and O–H groups in total. The fraction of sp³-hybridized carbons (Fsp3) is 0.0588. The van der Waals surface area contributed by atoms with E-state index in [1.807, 2.05) is 0 Å². The van der Waals surface area contributed by atoms with Crippen molar-refractivity contribution in [2.75, 3.05) is 22.3 Å². The Morgan fingerprint density at radius 1 is 1.23 bits per heavy atom. The number of hydrogen-bond donors (Lipinski definition) is 3. The number of nitrogen functional groups attached to an aromatic ring is 1. The molecule has 0 aliphatic rings. The first-order chi connectivity index (χ1) is 14.3. The summed E-state index contributed by atoms with van der Waals surface area (Å²) in [5, 5.41) is 14.9. The van der Waals surface area contributed by atoms with Gasteiger partial charge in [-0.3, -0.25) is 4.79 Å². The van der Waals surface area contributed by atoms with Crippen molar-refractivity contribution in [3.8, 4) is 0 Å². The summed E-state index contributed by atoms with van der Waals surface area (Å²) >= 11 is 12.8. The van der Waals surface area contributed by atoms with Crippen molar-refractivity contribution in [1.29, 1.82) is 0 Å². The van der Waals surface area contributed by atoms with Crippen molar-refractivity contribution in [1.82, 2.24) is 14.9 Å². The molecule has 1 heterocycles. The summed E-state index contributed by atoms with van der Waals surface area (Å²) in [5.74, 6) is 3.36. The van der Waals surface area contributed by atoms with Gasteiger partial charge in [0.15, 0.2) is 0 Å². The second kappa shape index (κ2) is 9.74. The quantitative estimate of drug-likeness (QED) is 0.209. The van der Waals surface area contributed by atoms with Crippen LogP contribution in [0, 0.1) is 11.6 Å². The summed E-state index contributed by atoms with van der Waals surface area (Å²) in [6, 6.07) is 8.19. The predicted octanol–water partition coefficient (Wildman–Crippen LogP) is 3.75. The Labute approximate surface area is 183 Å². The topological polar surface area (TPSA) is 110 Å². The van der Waals surface area contributed by atoms with Crippen LogP contribution in [0.2, 0.25) is 10.0 Å². The maximum atomic E-state index is 13.6. The van der Waals surface area contributed by atoms with Gasteiger partial charge < -0.3 is 11.2 Å². The van der Waals surface area contributed by atoms with Crippen molar-refractivity contribution in [3.05, 3.63) is 63.6 Å². The number of benzene rings is 2. The van der Waals surface area contributed by atoms with Crippen molar-refractivity contribution in [2.45, 2.75) is 5.16 Å². The van der Waals surface area contributed by atoms with Crippen LogP contribution in [0.4, 0.5) is 20.4 Å². The average Bonchev–Trinajstić information content (AvgIpc) is 3.05. The van der Waals surface area contributed by atoms with Gasteiger partial charge in [0.1, 0.15) is 17.3 Å². The van der Waals surface area contributed by atoms with Crippen LogP contribution in [0.3, 0.4) is 0 Å². The van der Waals surface area contributed by atoms with E-state index in [0.29, 0.717) is 15.6 Å². The van der Waals surface area contributed by atoms with Gasteiger partial charge in [-0.1, -0.05) is 47.1 Å². The number of anilines is 2. The van der Waals surface area contributed by atoms with E-state index < -0.39 is 23.2 Å². The minimum absolute atomic E-state index is 0.0967. The Bertz CT molecular complexity index is 1090. The number of carbonyl (C=O) groups is 1. The first kappa shape index (κ1) is 21.8. The molecule has 0 saturated heterocycles. The van der Waals surface area contributed by atoms with Gasteiger partial charge in [0.25, 0.3) is 5.95 Å². The number of hydrogen-bond acceptors (Lipinski definition) is 7. The summed E-state index contributed by atoms with van der Waals surface area (Å²) in [4.78, 5) is 12.0. The number of halogens is 4. The third-order valence-electron chi connectivity index (χ3n) is 3.55. The van der Waals surface area contributed by atoms with Crippen LogP contribution in [-0.4, -0.2) is 32.7 Å². The number of aromatic nitrogens is 3. The maximum Gasteiger partial charge on any atom is 0.264 e. The lowest BCUT2D eigenvalue weighted by Gasteiger charge is -2.07. The van der Waals surface area contributed by atoms with Crippen LogP contribution in [0.15, 0.2) is 46.7 Å². The monoisotopic (exact) mass is 471 g/mol. The molecule has 3 aromatic rings. The van der Waals surface area contributed by atoms with E-state index in [4.69, 9.17) is 29.0 Å². The van der Waals surface area contributed by atoms with Crippen molar-refractivity contribution < 1.29 is 13.6 Å². The SMILES string of the molecule is Nn1c(N/N=C/c2ccc(Cl)cc2Cl)nnc1SCC(=O)Nc1c(F)cccc1F. The number of carbonyl (C=O) groups excluding carboxylic acids is 1. The molecule has 8 nitrogen and oxygen atoms in total. The summed E-state index contributed by atoms with van der Waals surface area (Å²) in [5.41, 5.74) is 2.69. The maximum absolute atomic E-state index is 13.6. The predicted molar refractivity (Wildman–Crippen MR) is 114 cm³/mol. The fourth-order valence-corrected chi connectivity index (χ4v) is 3.25. The zero-order chi connectivity index (χ0) is 21.7. The smallest absolute Gasteiger partial charge is 0.264 e. The third kappa shape index (κ3) is 5.38. The lowest BCUT2D eigenvalue weighted by atomic mass is 10.2. The molecule has 0 fully saturated rings. The van der Waals surface area contributed by atoms with Gasteiger partial charge in [-0.25, -0.2) is 18.9 Å². The summed E-state index contributed by atoms with van der Waals surface area (Å²) in [6.07, 6.45) is 1.44. The summed E-state index contributed by atoms with van der Waals surface area (Å²) < 4.78 is 28.2. The lowest BCUT2D eigenvalue weighted by Crippen LogP contribution is -2.18. The zero-order valence-electron chi connectivity index (χ0n) is 14.9. The van der Waals surface area contributed by atoms with E-state index in [9.17, 15) is 13.6 Å². The van der Waals surface area contributed by atoms with Crippen LogP contribution in [0.1, 0.15) is 5.56 Å². The molecule has 0 bridgehead atoms. The molecule has 3 rings (SSSR count). The summed E-state index contributed by atoms with van der Waals surface area (Å²) in [6.45, 7) is 0. The number of nitrogens with one attached hydrogen (secondary N) is 2. The number of rotatable bonds is 7. The van der Waals surface area contributed by atoms with Gasteiger partial charge in [0, 0.05) is 10.6 Å². The number of para-hydroxylation sites is 1. The first-order valence-electron chi connectivity index (χ1n) is 8.16. The lowest BCUT2D eigenvalue weighted by molar-refractivity contribution is -0.113. The summed E-state index contributed by atoms with van der Waals surface area (Å²) in [7, 11) is 0. The molecule has 156 valence electrons. The van der Waals surface area contributed by atoms with Gasteiger partial charge in [0.05, 0.1) is 17.0 Å². The molecule has 2 aromatic carbocycles. The number of nitrogens with zero attached hydrogens (tertiary/aromatic N) is 4. The van der Waals surface area contributed by atoms with Crippen LogP contribution >= 0.6 is 35.0 Å². The standard InChI is InChI=1S/C17H13Cl2F2N7OS/c18-10-5-4-9(11(19)6-10)7-23-25-16-26-27-17(28(16)22)30-8-14(29)24-15-12(20)2-1-3-13(15)21/h1-7H,8,22H2,(H,24,29)(H,25,26)/b23-7+. The Morgan fingerprint density at radius 2 is 1.97 bits per heavy atom. The van der Waals surface area contributed by atoms with Crippen LogP contribution < -0.4 is 16.6 Å². The van der Waals surface area contributed by atoms with E-state index in [2.05, 4.69) is 26.0 Å². The number of amides is 1. The van der Waals surface area contributed by atoms with Crippen LogP contribution in [0.5, 0.6) is 0 Å². The zero-order valence-corrected chi connectivity index (χ0v) is 17.3. The third-order valence-corrected chi connectivity index (χ3v) is 5.06. The first-order valence-corrected chi connectivity index (χ1v) is 9.90. The molecular weight excluding hydrogens is 459 g/mol. The second-order valence-electron chi connectivity index (χ2n) is 5.65.